The van der Waals surface area contributed by atoms with Gasteiger partial charge in [-0.2, -0.15) is 0 Å². The predicted molar refractivity (Wildman–Crippen MR) is 55.0 cm³/mol. The van der Waals surface area contributed by atoms with Crippen LogP contribution in [0, 0.1) is 13.8 Å². The average Bonchev–Trinajstić information content (AvgIpc) is 2.02. The lowest BCUT2D eigenvalue weighted by atomic mass is 10.4. The molecule has 70 valence electrons. The van der Waals surface area contributed by atoms with Gasteiger partial charge in [0.2, 0.25) is 5.95 Å². The highest BCUT2D eigenvalue weighted by Gasteiger charge is 1.99. The number of rotatable bonds is 1. The standard InChI is InChI=1S/C7H11N5S/c1-4-3-5(2)10-6(9-4)11-7(13)12-8/h3H,8H2,1-2H3,(H2,9,10,11,12,13). The number of anilines is 1. The van der Waals surface area contributed by atoms with Crippen molar-refractivity contribution in [3.8, 4) is 0 Å². The molecule has 0 unspecified atom stereocenters. The fraction of sp³-hybridized carbons (Fsp3) is 0.286. The van der Waals surface area contributed by atoms with Gasteiger partial charge in [-0.1, -0.05) is 0 Å². The van der Waals surface area contributed by atoms with Crippen LogP contribution in [0.1, 0.15) is 11.4 Å². The van der Waals surface area contributed by atoms with Gasteiger partial charge in [-0.25, -0.2) is 15.8 Å². The molecule has 1 aromatic rings. The Hall–Kier alpha value is -1.27. The fourth-order valence-corrected chi connectivity index (χ4v) is 1.01. The summed E-state index contributed by atoms with van der Waals surface area (Å²) < 4.78 is 0. The number of nitrogens with two attached hydrogens (primary N) is 1. The summed E-state index contributed by atoms with van der Waals surface area (Å²) in [7, 11) is 0. The summed E-state index contributed by atoms with van der Waals surface area (Å²) in [5, 5.41) is 3.04. The number of aromatic nitrogens is 2. The third-order valence-corrected chi connectivity index (χ3v) is 1.56. The van der Waals surface area contributed by atoms with E-state index in [1.54, 1.807) is 0 Å². The van der Waals surface area contributed by atoms with Gasteiger partial charge in [0.15, 0.2) is 5.11 Å². The summed E-state index contributed by atoms with van der Waals surface area (Å²) in [5.41, 5.74) is 4.06. The molecule has 0 aliphatic carbocycles. The van der Waals surface area contributed by atoms with Crippen LogP contribution in [0.4, 0.5) is 5.95 Å². The summed E-state index contributed by atoms with van der Waals surface area (Å²) in [4.78, 5) is 8.23. The van der Waals surface area contributed by atoms with Crippen molar-refractivity contribution in [3.05, 3.63) is 17.5 Å². The summed E-state index contributed by atoms with van der Waals surface area (Å²) in [6.45, 7) is 3.78. The Morgan fingerprint density at radius 3 is 2.38 bits per heavy atom. The van der Waals surface area contributed by atoms with Crippen molar-refractivity contribution < 1.29 is 0 Å². The molecule has 0 fully saturated rings. The van der Waals surface area contributed by atoms with Gasteiger partial charge in [-0.15, -0.1) is 0 Å². The van der Waals surface area contributed by atoms with Crippen LogP contribution in [-0.2, 0) is 0 Å². The second-order valence-corrected chi connectivity index (χ2v) is 2.98. The highest BCUT2D eigenvalue weighted by Crippen LogP contribution is 2.02. The molecule has 1 heterocycles. The zero-order chi connectivity index (χ0) is 9.84. The van der Waals surface area contributed by atoms with Crippen molar-refractivity contribution in [2.45, 2.75) is 13.8 Å². The molecule has 0 atom stereocenters. The maximum Gasteiger partial charge on any atom is 0.229 e. The van der Waals surface area contributed by atoms with Crippen LogP contribution in [0.5, 0.6) is 0 Å². The molecule has 1 aromatic heterocycles. The van der Waals surface area contributed by atoms with Crippen LogP contribution in [-0.4, -0.2) is 15.1 Å². The molecule has 0 saturated heterocycles. The Balaban J connectivity index is 2.83. The molecule has 1 rings (SSSR count). The second-order valence-electron chi connectivity index (χ2n) is 2.57. The Kier molecular flexibility index (Phi) is 3.10. The monoisotopic (exact) mass is 197 g/mol. The molecule has 0 bridgehead atoms. The van der Waals surface area contributed by atoms with Crippen LogP contribution in [0.3, 0.4) is 0 Å². The normalized spacial score (nSPS) is 9.46. The van der Waals surface area contributed by atoms with E-state index in [9.17, 15) is 0 Å². The summed E-state index contributed by atoms with van der Waals surface area (Å²) >= 11 is 4.80. The van der Waals surface area contributed by atoms with Crippen molar-refractivity contribution in [2.24, 2.45) is 5.84 Å². The Morgan fingerprint density at radius 1 is 1.38 bits per heavy atom. The lowest BCUT2D eigenvalue weighted by Crippen LogP contribution is -2.34. The van der Waals surface area contributed by atoms with E-state index in [4.69, 9.17) is 18.1 Å². The first-order valence-electron chi connectivity index (χ1n) is 3.71. The van der Waals surface area contributed by atoms with E-state index in [1.807, 2.05) is 19.9 Å². The van der Waals surface area contributed by atoms with Crippen LogP contribution in [0.2, 0.25) is 0 Å². The first kappa shape index (κ1) is 9.82. The van der Waals surface area contributed by atoms with E-state index in [-0.39, 0.29) is 0 Å². The first-order valence-corrected chi connectivity index (χ1v) is 4.12. The number of hydrogen-bond acceptors (Lipinski definition) is 4. The van der Waals surface area contributed by atoms with Crippen LogP contribution in [0.25, 0.3) is 0 Å². The minimum Gasteiger partial charge on any atom is -0.301 e. The smallest absolute Gasteiger partial charge is 0.229 e. The van der Waals surface area contributed by atoms with Crippen molar-refractivity contribution in [2.75, 3.05) is 5.32 Å². The zero-order valence-electron chi connectivity index (χ0n) is 7.46. The molecule has 0 amide bonds. The predicted octanol–water partition coefficient (Wildman–Crippen LogP) is 0.254. The van der Waals surface area contributed by atoms with Crippen molar-refractivity contribution in [1.82, 2.24) is 15.4 Å². The van der Waals surface area contributed by atoms with Crippen LogP contribution in [0.15, 0.2) is 6.07 Å². The molecule has 5 nitrogen and oxygen atoms in total. The molecular formula is C7H11N5S. The fourth-order valence-electron chi connectivity index (χ4n) is 0.919. The van der Waals surface area contributed by atoms with Crippen LogP contribution >= 0.6 is 12.2 Å². The third kappa shape index (κ3) is 2.92. The molecular weight excluding hydrogens is 186 g/mol. The second kappa shape index (κ2) is 4.11. The Labute approximate surface area is 81.7 Å². The number of aryl methyl sites for hydroxylation is 2. The molecule has 4 N–H and O–H groups in total. The van der Waals surface area contributed by atoms with Crippen LogP contribution < -0.4 is 16.6 Å². The topological polar surface area (TPSA) is 75.9 Å². The molecule has 0 spiro atoms. The Morgan fingerprint density at radius 2 is 1.92 bits per heavy atom. The summed E-state index contributed by atoms with van der Waals surface area (Å²) in [6.07, 6.45) is 0. The van der Waals surface area contributed by atoms with Gasteiger partial charge < -0.3 is 10.7 Å². The van der Waals surface area contributed by atoms with Gasteiger partial charge in [0, 0.05) is 11.4 Å². The number of nitrogens with one attached hydrogen (secondary N) is 2. The average molecular weight is 197 g/mol. The van der Waals surface area contributed by atoms with E-state index in [0.717, 1.165) is 11.4 Å². The van der Waals surface area contributed by atoms with Gasteiger partial charge in [0.1, 0.15) is 0 Å². The molecule has 0 aliphatic heterocycles. The van der Waals surface area contributed by atoms with Gasteiger partial charge in [-0.05, 0) is 32.1 Å². The lowest BCUT2D eigenvalue weighted by molar-refractivity contribution is 1.02. The molecule has 0 saturated carbocycles. The number of thiocarbonyl (C=S) groups is 1. The van der Waals surface area contributed by atoms with Gasteiger partial charge >= 0.3 is 0 Å². The lowest BCUT2D eigenvalue weighted by Gasteiger charge is -2.05. The highest BCUT2D eigenvalue weighted by molar-refractivity contribution is 7.80. The van der Waals surface area contributed by atoms with Crippen molar-refractivity contribution in [3.63, 3.8) is 0 Å². The maximum atomic E-state index is 5.09. The summed E-state index contributed by atoms with van der Waals surface area (Å²) in [6, 6.07) is 1.88. The van der Waals surface area contributed by atoms with Crippen molar-refractivity contribution in [1.29, 1.82) is 0 Å². The highest BCUT2D eigenvalue weighted by atomic mass is 32.1. The van der Waals surface area contributed by atoms with Crippen molar-refractivity contribution >= 4 is 23.3 Å². The van der Waals surface area contributed by atoms with Gasteiger partial charge in [0.05, 0.1) is 0 Å². The van der Waals surface area contributed by atoms with E-state index >= 15 is 0 Å². The van der Waals surface area contributed by atoms with Gasteiger partial charge in [0.25, 0.3) is 0 Å². The SMILES string of the molecule is Cc1cc(C)nc(NC(=S)NN)n1. The largest absolute Gasteiger partial charge is 0.301 e. The van der Waals surface area contributed by atoms with E-state index in [2.05, 4.69) is 20.7 Å². The first-order chi connectivity index (χ1) is 6.11. The van der Waals surface area contributed by atoms with E-state index < -0.39 is 0 Å². The summed E-state index contributed by atoms with van der Waals surface area (Å²) in [5.74, 6) is 5.55. The minimum absolute atomic E-state index is 0.296. The third-order valence-electron chi connectivity index (χ3n) is 1.34. The molecule has 0 radical (unpaired) electrons. The molecule has 13 heavy (non-hydrogen) atoms. The molecule has 6 heteroatoms. The van der Waals surface area contributed by atoms with E-state index in [1.165, 1.54) is 0 Å². The Bertz CT molecular complexity index is 304. The number of nitrogens with zero attached hydrogens (tertiary/aromatic N) is 2. The number of hydrazine groups is 1. The zero-order valence-corrected chi connectivity index (χ0v) is 8.27. The van der Waals surface area contributed by atoms with E-state index in [0.29, 0.717) is 11.1 Å². The molecule has 0 aromatic carbocycles. The minimum atomic E-state index is 0.296. The quantitative estimate of drug-likeness (QED) is 0.340. The molecule has 0 aliphatic rings. The number of hydrogen-bond donors (Lipinski definition) is 3. The maximum absolute atomic E-state index is 5.09. The van der Waals surface area contributed by atoms with Gasteiger partial charge in [-0.3, -0.25) is 0 Å².